The van der Waals surface area contributed by atoms with Crippen molar-refractivity contribution in [2.45, 2.75) is 33.0 Å². The maximum absolute atomic E-state index is 9.86. The molecule has 0 saturated carbocycles. The van der Waals surface area contributed by atoms with E-state index in [1.165, 1.54) is 5.56 Å². The normalized spacial score (nSPS) is 12.8. The van der Waals surface area contributed by atoms with Gasteiger partial charge in [-0.15, -0.1) is 0 Å². The van der Waals surface area contributed by atoms with Crippen molar-refractivity contribution in [3.05, 3.63) is 60.2 Å². The van der Waals surface area contributed by atoms with Crippen molar-refractivity contribution >= 4 is 0 Å². The van der Waals surface area contributed by atoms with E-state index < -0.39 is 0 Å². The second-order valence-corrected chi connectivity index (χ2v) is 6.37. The number of nitrogens with zero attached hydrogens (tertiary/aromatic N) is 3. The van der Waals surface area contributed by atoms with E-state index >= 15 is 0 Å². The molecule has 0 aliphatic carbocycles. The van der Waals surface area contributed by atoms with Crippen LogP contribution < -0.4 is 0 Å². The fourth-order valence-electron chi connectivity index (χ4n) is 2.85. The van der Waals surface area contributed by atoms with Gasteiger partial charge in [0.25, 0.3) is 0 Å². The number of hydrogen-bond acceptors (Lipinski definition) is 6. The molecule has 25 heavy (non-hydrogen) atoms. The smallest absolute Gasteiger partial charge is 0.241 e. The van der Waals surface area contributed by atoms with Crippen molar-refractivity contribution in [1.29, 1.82) is 0 Å². The molecule has 0 spiro atoms. The number of benzene rings is 1. The van der Waals surface area contributed by atoms with Crippen LogP contribution in [0.25, 0.3) is 11.6 Å². The summed E-state index contributed by atoms with van der Waals surface area (Å²) >= 11 is 0. The molecular formula is C19H23N3O3. The lowest BCUT2D eigenvalue weighted by Gasteiger charge is -2.32. The van der Waals surface area contributed by atoms with Gasteiger partial charge in [0.05, 0.1) is 19.4 Å². The zero-order chi connectivity index (χ0) is 17.6. The molecule has 132 valence electrons. The second-order valence-electron chi connectivity index (χ2n) is 6.37. The summed E-state index contributed by atoms with van der Waals surface area (Å²) in [6.07, 6.45) is 1.58. The Hall–Kier alpha value is -2.44. The minimum Gasteiger partial charge on any atom is -0.461 e. The Balaban J connectivity index is 1.79. The van der Waals surface area contributed by atoms with E-state index in [1.54, 1.807) is 18.4 Å². The summed E-state index contributed by atoms with van der Waals surface area (Å²) in [7, 11) is 0. The largest absolute Gasteiger partial charge is 0.461 e. The first kappa shape index (κ1) is 17.4. The second kappa shape index (κ2) is 8.09. The van der Waals surface area contributed by atoms with Gasteiger partial charge in [0.15, 0.2) is 5.76 Å². The van der Waals surface area contributed by atoms with Crippen molar-refractivity contribution in [3.63, 3.8) is 0 Å². The quantitative estimate of drug-likeness (QED) is 0.677. The lowest BCUT2D eigenvalue weighted by atomic mass is 10.0. The molecule has 0 radical (unpaired) electrons. The molecule has 0 saturated heterocycles. The molecule has 2 aromatic heterocycles. The minimum atomic E-state index is -0.000770. The van der Waals surface area contributed by atoms with Crippen LogP contribution >= 0.6 is 0 Å². The molecule has 6 heteroatoms. The Labute approximate surface area is 147 Å². The molecule has 2 heterocycles. The van der Waals surface area contributed by atoms with Crippen molar-refractivity contribution in [2.24, 2.45) is 5.92 Å². The Kier molecular flexibility index (Phi) is 5.63. The van der Waals surface area contributed by atoms with Crippen LogP contribution in [0, 0.1) is 5.92 Å². The van der Waals surface area contributed by atoms with E-state index in [0.717, 1.165) is 0 Å². The molecule has 1 aromatic carbocycles. The van der Waals surface area contributed by atoms with Crippen molar-refractivity contribution in [3.8, 4) is 11.6 Å². The van der Waals surface area contributed by atoms with Gasteiger partial charge in [0.1, 0.15) is 0 Å². The standard InChI is InChI=1S/C19H23N3O3/c1-14(2)16(13-23)22(11-15-7-4-3-5-8-15)12-18-20-19(21-25-18)17-9-6-10-24-17/h3-10,14,16,23H,11-13H2,1-2H3. The monoisotopic (exact) mass is 341 g/mol. The van der Waals surface area contributed by atoms with Gasteiger partial charge in [0.2, 0.25) is 11.7 Å². The number of aliphatic hydroxyl groups is 1. The Morgan fingerprint density at radius 3 is 2.52 bits per heavy atom. The van der Waals surface area contributed by atoms with Crippen molar-refractivity contribution in [1.82, 2.24) is 15.0 Å². The molecule has 1 unspecified atom stereocenters. The zero-order valence-electron chi connectivity index (χ0n) is 14.5. The van der Waals surface area contributed by atoms with Gasteiger partial charge in [-0.1, -0.05) is 49.3 Å². The van der Waals surface area contributed by atoms with E-state index in [0.29, 0.717) is 36.5 Å². The average molecular weight is 341 g/mol. The molecule has 1 N–H and O–H groups in total. The molecule has 6 nitrogen and oxygen atoms in total. The van der Waals surface area contributed by atoms with Crippen molar-refractivity contribution < 1.29 is 14.0 Å². The molecule has 1 atom stereocenters. The van der Waals surface area contributed by atoms with Gasteiger partial charge < -0.3 is 14.0 Å². The highest BCUT2D eigenvalue weighted by Crippen LogP contribution is 2.20. The lowest BCUT2D eigenvalue weighted by Crippen LogP contribution is -2.40. The Morgan fingerprint density at radius 1 is 1.08 bits per heavy atom. The molecular weight excluding hydrogens is 318 g/mol. The molecule has 3 aromatic rings. The highest BCUT2D eigenvalue weighted by atomic mass is 16.5. The summed E-state index contributed by atoms with van der Waals surface area (Å²) < 4.78 is 10.7. The number of aromatic nitrogens is 2. The Morgan fingerprint density at radius 2 is 1.88 bits per heavy atom. The van der Waals surface area contributed by atoms with E-state index in [4.69, 9.17) is 8.94 Å². The van der Waals surface area contributed by atoms with Crippen LogP contribution in [-0.2, 0) is 13.1 Å². The SMILES string of the molecule is CC(C)C(CO)N(Cc1ccccc1)Cc1nc(-c2ccco2)no1. The number of hydrogen-bond donors (Lipinski definition) is 1. The lowest BCUT2D eigenvalue weighted by molar-refractivity contribution is 0.0695. The molecule has 0 aliphatic heterocycles. The van der Waals surface area contributed by atoms with E-state index in [9.17, 15) is 5.11 Å². The zero-order valence-corrected chi connectivity index (χ0v) is 14.5. The first-order chi connectivity index (χ1) is 12.2. The van der Waals surface area contributed by atoms with E-state index in [2.05, 4.69) is 41.0 Å². The summed E-state index contributed by atoms with van der Waals surface area (Å²) in [4.78, 5) is 6.58. The van der Waals surface area contributed by atoms with Gasteiger partial charge in [-0.3, -0.25) is 4.90 Å². The van der Waals surface area contributed by atoms with Crippen LogP contribution in [0.3, 0.4) is 0 Å². The van der Waals surface area contributed by atoms with Crippen LogP contribution in [0.2, 0.25) is 0 Å². The fraction of sp³-hybridized carbons (Fsp3) is 0.368. The van der Waals surface area contributed by atoms with Gasteiger partial charge in [-0.25, -0.2) is 0 Å². The number of rotatable bonds is 8. The van der Waals surface area contributed by atoms with Gasteiger partial charge in [0, 0.05) is 12.6 Å². The first-order valence-electron chi connectivity index (χ1n) is 8.42. The van der Waals surface area contributed by atoms with Gasteiger partial charge in [-0.05, 0) is 23.6 Å². The fourth-order valence-corrected chi connectivity index (χ4v) is 2.85. The van der Waals surface area contributed by atoms with Crippen LogP contribution in [0.5, 0.6) is 0 Å². The van der Waals surface area contributed by atoms with Crippen LogP contribution in [-0.4, -0.2) is 32.8 Å². The minimum absolute atomic E-state index is 0.000770. The van der Waals surface area contributed by atoms with E-state index in [1.807, 2.05) is 18.2 Å². The maximum atomic E-state index is 9.86. The summed E-state index contributed by atoms with van der Waals surface area (Å²) in [5.41, 5.74) is 1.17. The highest BCUT2D eigenvalue weighted by molar-refractivity contribution is 5.44. The number of aliphatic hydroxyl groups excluding tert-OH is 1. The third-order valence-corrected chi connectivity index (χ3v) is 4.20. The average Bonchev–Trinajstić information content (AvgIpc) is 3.27. The van der Waals surface area contributed by atoms with Gasteiger partial charge >= 0.3 is 0 Å². The molecule has 3 rings (SSSR count). The third-order valence-electron chi connectivity index (χ3n) is 4.20. The molecule has 0 amide bonds. The van der Waals surface area contributed by atoms with Crippen molar-refractivity contribution in [2.75, 3.05) is 6.61 Å². The van der Waals surface area contributed by atoms with Crippen LogP contribution in [0.4, 0.5) is 0 Å². The van der Waals surface area contributed by atoms with E-state index in [-0.39, 0.29) is 12.6 Å². The maximum Gasteiger partial charge on any atom is 0.241 e. The highest BCUT2D eigenvalue weighted by Gasteiger charge is 2.24. The molecule has 0 bridgehead atoms. The summed E-state index contributed by atoms with van der Waals surface area (Å²) in [6, 6.07) is 13.7. The predicted octanol–water partition coefficient (Wildman–Crippen LogP) is 3.35. The van der Waals surface area contributed by atoms with Crippen LogP contribution in [0.15, 0.2) is 57.7 Å². The molecule has 0 aliphatic rings. The topological polar surface area (TPSA) is 75.5 Å². The third kappa shape index (κ3) is 4.35. The molecule has 0 fully saturated rings. The Bertz CT molecular complexity index is 753. The number of furan rings is 1. The van der Waals surface area contributed by atoms with Crippen LogP contribution in [0.1, 0.15) is 25.3 Å². The predicted molar refractivity (Wildman–Crippen MR) is 93.4 cm³/mol. The first-order valence-corrected chi connectivity index (χ1v) is 8.42. The summed E-state index contributed by atoms with van der Waals surface area (Å²) in [5, 5.41) is 13.8. The van der Waals surface area contributed by atoms with Gasteiger partial charge in [-0.2, -0.15) is 4.98 Å². The summed E-state index contributed by atoms with van der Waals surface area (Å²) in [6.45, 7) is 5.43. The summed E-state index contributed by atoms with van der Waals surface area (Å²) in [5.74, 6) is 1.81.